The lowest BCUT2D eigenvalue weighted by atomic mass is 10.1. The van der Waals surface area contributed by atoms with Crippen LogP contribution in [0.3, 0.4) is 0 Å². The number of alkyl halides is 3. The number of hydrogen-bond donors (Lipinski definition) is 1. The van der Waals surface area contributed by atoms with Crippen molar-refractivity contribution in [1.29, 1.82) is 0 Å². The van der Waals surface area contributed by atoms with E-state index in [1.807, 2.05) is 0 Å². The molecule has 2 nitrogen and oxygen atoms in total. The molecule has 0 fully saturated rings. The minimum atomic E-state index is -4.57. The van der Waals surface area contributed by atoms with Crippen LogP contribution in [-0.4, -0.2) is 30.2 Å². The van der Waals surface area contributed by atoms with Crippen molar-refractivity contribution in [3.05, 3.63) is 35.1 Å². The monoisotopic (exact) mass is 251 g/mol. The molecule has 0 atom stereocenters. The number of aliphatic hydroxyl groups is 1. The maximum atomic E-state index is 12.8. The third-order valence-corrected chi connectivity index (χ3v) is 2.30. The van der Waals surface area contributed by atoms with Gasteiger partial charge in [0.1, 0.15) is 5.82 Å². The third-order valence-electron chi connectivity index (χ3n) is 2.30. The van der Waals surface area contributed by atoms with Gasteiger partial charge in [-0.1, -0.05) is 6.07 Å². The minimum absolute atomic E-state index is 0.00477. The molecule has 1 aromatic rings. The second-order valence-corrected chi connectivity index (χ2v) is 3.76. The molecule has 1 N–H and O–H groups in total. The summed E-state index contributed by atoms with van der Waals surface area (Å²) in [4.78, 5) is 1.53. The van der Waals surface area contributed by atoms with Crippen LogP contribution in [0.15, 0.2) is 18.2 Å². The summed E-state index contributed by atoms with van der Waals surface area (Å²) < 4.78 is 50.7. The van der Waals surface area contributed by atoms with Gasteiger partial charge in [-0.05, 0) is 24.7 Å². The van der Waals surface area contributed by atoms with E-state index in [2.05, 4.69) is 0 Å². The van der Waals surface area contributed by atoms with E-state index in [1.165, 1.54) is 4.90 Å². The van der Waals surface area contributed by atoms with E-state index in [4.69, 9.17) is 5.11 Å². The van der Waals surface area contributed by atoms with Crippen LogP contribution >= 0.6 is 0 Å². The van der Waals surface area contributed by atoms with Crippen molar-refractivity contribution >= 4 is 0 Å². The van der Waals surface area contributed by atoms with Crippen molar-refractivity contribution in [1.82, 2.24) is 4.90 Å². The zero-order chi connectivity index (χ0) is 13.1. The van der Waals surface area contributed by atoms with E-state index in [0.717, 1.165) is 12.1 Å². The highest BCUT2D eigenvalue weighted by atomic mass is 19.4. The summed E-state index contributed by atoms with van der Waals surface area (Å²) in [6.45, 7) is 0.128. The highest BCUT2D eigenvalue weighted by molar-refractivity contribution is 5.30. The van der Waals surface area contributed by atoms with E-state index in [1.54, 1.807) is 7.05 Å². The molecular weight excluding hydrogens is 238 g/mol. The van der Waals surface area contributed by atoms with Gasteiger partial charge in [0, 0.05) is 13.1 Å². The Labute approximate surface area is 96.5 Å². The number of halogens is 4. The first kappa shape index (κ1) is 13.9. The summed E-state index contributed by atoms with van der Waals surface area (Å²) in [6.07, 6.45) is -4.57. The predicted molar refractivity (Wildman–Crippen MR) is 54.8 cm³/mol. The first-order valence-electron chi connectivity index (χ1n) is 4.99. The quantitative estimate of drug-likeness (QED) is 0.830. The molecule has 6 heteroatoms. The number of aliphatic hydroxyl groups excluding tert-OH is 1. The molecular formula is C11H13F4NO. The topological polar surface area (TPSA) is 23.5 Å². The van der Waals surface area contributed by atoms with Crippen LogP contribution in [0, 0.1) is 5.82 Å². The number of likely N-dealkylation sites (N-methyl/N-ethyl adjacent to an activating group) is 1. The second-order valence-electron chi connectivity index (χ2n) is 3.76. The fourth-order valence-corrected chi connectivity index (χ4v) is 1.49. The lowest BCUT2D eigenvalue weighted by Crippen LogP contribution is -2.23. The van der Waals surface area contributed by atoms with Crippen molar-refractivity contribution in [2.75, 3.05) is 20.2 Å². The van der Waals surface area contributed by atoms with Crippen molar-refractivity contribution in [3.8, 4) is 0 Å². The molecule has 96 valence electrons. The molecule has 0 radical (unpaired) electrons. The number of nitrogens with zero attached hydrogens (tertiary/aromatic N) is 1. The third kappa shape index (κ3) is 3.98. The summed E-state index contributed by atoms with van der Waals surface area (Å²) in [5, 5.41) is 8.66. The average Bonchev–Trinajstić information content (AvgIpc) is 2.19. The minimum Gasteiger partial charge on any atom is -0.395 e. The fraction of sp³-hybridized carbons (Fsp3) is 0.455. The smallest absolute Gasteiger partial charge is 0.395 e. The van der Waals surface area contributed by atoms with E-state index in [0.29, 0.717) is 6.07 Å². The molecule has 0 aliphatic heterocycles. The number of rotatable bonds is 4. The molecule has 0 unspecified atom stereocenters. The lowest BCUT2D eigenvalue weighted by Gasteiger charge is -2.19. The molecule has 1 rings (SSSR count). The van der Waals surface area contributed by atoms with E-state index >= 15 is 0 Å². The van der Waals surface area contributed by atoms with Gasteiger partial charge < -0.3 is 5.11 Å². The SMILES string of the molecule is CN(CCO)Cc1ccc(F)cc1C(F)(F)F. The Bertz CT molecular complexity index is 378. The lowest BCUT2D eigenvalue weighted by molar-refractivity contribution is -0.138. The van der Waals surface area contributed by atoms with Crippen LogP contribution in [0.2, 0.25) is 0 Å². The van der Waals surface area contributed by atoms with Crippen LogP contribution in [0.1, 0.15) is 11.1 Å². The van der Waals surface area contributed by atoms with E-state index in [9.17, 15) is 17.6 Å². The molecule has 17 heavy (non-hydrogen) atoms. The van der Waals surface area contributed by atoms with Crippen molar-refractivity contribution in [3.63, 3.8) is 0 Å². The van der Waals surface area contributed by atoms with Crippen LogP contribution in [0.5, 0.6) is 0 Å². The molecule has 0 saturated heterocycles. The van der Waals surface area contributed by atoms with Gasteiger partial charge in [-0.15, -0.1) is 0 Å². The van der Waals surface area contributed by atoms with E-state index < -0.39 is 17.6 Å². The highest BCUT2D eigenvalue weighted by Gasteiger charge is 2.33. The molecule has 0 aromatic heterocycles. The van der Waals surface area contributed by atoms with Crippen molar-refractivity contribution in [2.45, 2.75) is 12.7 Å². The van der Waals surface area contributed by atoms with Gasteiger partial charge >= 0.3 is 6.18 Å². The van der Waals surface area contributed by atoms with Gasteiger partial charge in [0.25, 0.3) is 0 Å². The maximum absolute atomic E-state index is 12.8. The van der Waals surface area contributed by atoms with Crippen LogP contribution in [-0.2, 0) is 12.7 Å². The first-order chi connectivity index (χ1) is 7.84. The van der Waals surface area contributed by atoms with Gasteiger partial charge in [-0.2, -0.15) is 13.2 Å². The van der Waals surface area contributed by atoms with Gasteiger partial charge in [-0.25, -0.2) is 4.39 Å². The Hall–Kier alpha value is -1.14. The van der Waals surface area contributed by atoms with Crippen LogP contribution in [0.4, 0.5) is 17.6 Å². The molecule has 0 aliphatic carbocycles. The summed E-state index contributed by atoms with van der Waals surface area (Å²) in [6, 6.07) is 2.60. The summed E-state index contributed by atoms with van der Waals surface area (Å²) in [5.41, 5.74) is -0.975. The maximum Gasteiger partial charge on any atom is 0.416 e. The molecule has 0 heterocycles. The average molecular weight is 251 g/mol. The summed E-state index contributed by atoms with van der Waals surface area (Å²) in [5.74, 6) is -0.911. The van der Waals surface area contributed by atoms with Crippen LogP contribution in [0.25, 0.3) is 0 Å². The molecule has 0 aliphatic rings. The Balaban J connectivity index is 2.99. The normalized spacial score (nSPS) is 12.2. The second kappa shape index (κ2) is 5.46. The zero-order valence-corrected chi connectivity index (χ0v) is 9.26. The molecule has 1 aromatic carbocycles. The zero-order valence-electron chi connectivity index (χ0n) is 9.26. The Morgan fingerprint density at radius 1 is 1.29 bits per heavy atom. The molecule has 0 bridgehead atoms. The largest absolute Gasteiger partial charge is 0.416 e. The van der Waals surface area contributed by atoms with E-state index in [-0.39, 0.29) is 25.3 Å². The molecule has 0 spiro atoms. The van der Waals surface area contributed by atoms with Crippen molar-refractivity contribution < 1.29 is 22.7 Å². The first-order valence-corrected chi connectivity index (χ1v) is 4.99. The number of benzene rings is 1. The Morgan fingerprint density at radius 3 is 2.47 bits per heavy atom. The van der Waals surface area contributed by atoms with Gasteiger partial charge in [-0.3, -0.25) is 4.90 Å². The number of hydrogen-bond acceptors (Lipinski definition) is 2. The van der Waals surface area contributed by atoms with Gasteiger partial charge in [0.05, 0.1) is 12.2 Å². The Morgan fingerprint density at radius 2 is 1.94 bits per heavy atom. The Kier molecular flexibility index (Phi) is 4.47. The highest BCUT2D eigenvalue weighted by Crippen LogP contribution is 2.32. The standard InChI is InChI=1S/C11H13F4NO/c1-16(4-5-17)7-8-2-3-9(12)6-10(8)11(13,14)15/h2-3,6,17H,4-5,7H2,1H3. The summed E-state index contributed by atoms with van der Waals surface area (Å²) >= 11 is 0. The molecule has 0 amide bonds. The van der Waals surface area contributed by atoms with Gasteiger partial charge in [0.2, 0.25) is 0 Å². The molecule has 0 saturated carbocycles. The van der Waals surface area contributed by atoms with Crippen LogP contribution < -0.4 is 0 Å². The van der Waals surface area contributed by atoms with Gasteiger partial charge in [0.15, 0.2) is 0 Å². The predicted octanol–water partition coefficient (Wildman–Crippen LogP) is 2.27. The summed E-state index contributed by atoms with van der Waals surface area (Å²) in [7, 11) is 1.58. The van der Waals surface area contributed by atoms with Crippen molar-refractivity contribution in [2.24, 2.45) is 0 Å². The fourth-order valence-electron chi connectivity index (χ4n) is 1.49.